The molecule has 3 atom stereocenters. The molecule has 2 aromatic carbocycles. The second-order valence-corrected chi connectivity index (χ2v) is 10.3. The second-order valence-electron chi connectivity index (χ2n) is 8.60. The van der Waals surface area contributed by atoms with Gasteiger partial charge in [0.05, 0.1) is 11.1 Å². The molecule has 5 nitrogen and oxygen atoms in total. The van der Waals surface area contributed by atoms with Crippen LogP contribution in [0.3, 0.4) is 0 Å². The van der Waals surface area contributed by atoms with Gasteiger partial charge in [-0.2, -0.15) is 13.2 Å². The molecule has 5 rings (SSSR count). The maximum atomic E-state index is 14.7. The van der Waals surface area contributed by atoms with Crippen LogP contribution in [0, 0.1) is 11.7 Å². The van der Waals surface area contributed by atoms with Gasteiger partial charge in [-0.05, 0) is 35.6 Å². The van der Waals surface area contributed by atoms with E-state index in [4.69, 9.17) is 32.8 Å². The molecular weight excluding hydrogens is 531 g/mol. The Kier molecular flexibility index (Phi) is 6.32. The van der Waals surface area contributed by atoms with Gasteiger partial charge in [-0.3, -0.25) is 4.79 Å². The third kappa shape index (κ3) is 4.23. The summed E-state index contributed by atoms with van der Waals surface area (Å²) in [7, 11) is 0. The minimum Gasteiger partial charge on any atom is -0.386 e. The van der Waals surface area contributed by atoms with Crippen LogP contribution in [0.1, 0.15) is 40.9 Å². The number of alkyl halides is 3. The average molecular weight is 549 g/mol. The molecule has 3 heterocycles. The summed E-state index contributed by atoms with van der Waals surface area (Å²) >= 11 is 12.8. The summed E-state index contributed by atoms with van der Waals surface area (Å²) < 4.78 is 63.8. The maximum Gasteiger partial charge on any atom is 0.401 e. The van der Waals surface area contributed by atoms with Crippen LogP contribution in [-0.4, -0.2) is 36.3 Å². The van der Waals surface area contributed by atoms with E-state index in [1.807, 2.05) is 0 Å². The lowest BCUT2D eigenvalue weighted by atomic mass is 9.83. The van der Waals surface area contributed by atoms with Gasteiger partial charge >= 0.3 is 6.18 Å². The Morgan fingerprint density at radius 3 is 2.60 bits per heavy atom. The number of hydrogen-bond donors (Lipinski definition) is 1. The Bertz CT molecular complexity index is 1240. The minimum atomic E-state index is -4.82. The zero-order valence-corrected chi connectivity index (χ0v) is 20.4. The Balaban J connectivity index is 1.55. The van der Waals surface area contributed by atoms with Gasteiger partial charge in [-0.1, -0.05) is 52.3 Å². The molecule has 1 saturated heterocycles. The summed E-state index contributed by atoms with van der Waals surface area (Å²) in [5.41, 5.74) is 0.162. The predicted octanol–water partition coefficient (Wildman–Crippen LogP) is 5.94. The van der Waals surface area contributed by atoms with E-state index in [0.717, 1.165) is 29.5 Å². The molecule has 1 fully saturated rings. The number of nitrogens with one attached hydrogen (secondary N) is 1. The van der Waals surface area contributed by atoms with E-state index in [9.17, 15) is 22.4 Å². The van der Waals surface area contributed by atoms with Crippen LogP contribution in [0.5, 0.6) is 0 Å². The number of halogens is 6. The number of carbonyl (C=O) groups excluding carboxylic acids is 1. The zero-order chi connectivity index (χ0) is 25.1. The third-order valence-electron chi connectivity index (χ3n) is 6.50. The topological polar surface area (TPSA) is 59.9 Å². The fourth-order valence-corrected chi connectivity index (χ4v) is 5.59. The first-order chi connectivity index (χ1) is 16.5. The highest BCUT2D eigenvalue weighted by atomic mass is 35.5. The molecule has 186 valence electrons. The zero-order valence-electron chi connectivity index (χ0n) is 18.1. The molecule has 0 aromatic heterocycles. The molecule has 12 heteroatoms. The van der Waals surface area contributed by atoms with Crippen LogP contribution < -0.4 is 5.32 Å². The lowest BCUT2D eigenvalue weighted by molar-refractivity contribution is -0.178. The highest BCUT2D eigenvalue weighted by Gasteiger charge is 2.55. The van der Waals surface area contributed by atoms with Gasteiger partial charge in [-0.15, -0.1) is 0 Å². The van der Waals surface area contributed by atoms with Crippen molar-refractivity contribution in [2.24, 2.45) is 11.1 Å². The lowest BCUT2D eigenvalue weighted by Gasteiger charge is -2.39. The number of ether oxygens (including phenoxy) is 1. The standard InChI is InChI=1S/C23H18Cl2F4N2O3S/c1-35-17(32)7-16-12-4-10(2-3-14(12)22(33-16)8-30-9-22)20-18(23(27,28)29)21(34-31-20)13-5-11(24)6-15(25)19(13)26/h2-6,16,18,21,30H,7-9H2,1H3/t16-,18?,21?/m1/s1. The quantitative estimate of drug-likeness (QED) is 0.378. The normalized spacial score (nSPS) is 24.7. The van der Waals surface area contributed by atoms with E-state index in [-0.39, 0.29) is 22.1 Å². The first kappa shape index (κ1) is 24.8. The monoisotopic (exact) mass is 548 g/mol. The van der Waals surface area contributed by atoms with E-state index >= 15 is 0 Å². The van der Waals surface area contributed by atoms with Gasteiger partial charge in [0.15, 0.2) is 11.2 Å². The van der Waals surface area contributed by atoms with Crippen LogP contribution in [0.25, 0.3) is 0 Å². The van der Waals surface area contributed by atoms with Crippen LogP contribution in [-0.2, 0) is 20.0 Å². The predicted molar refractivity (Wildman–Crippen MR) is 124 cm³/mol. The first-order valence-electron chi connectivity index (χ1n) is 10.6. The molecule has 2 aromatic rings. The molecule has 0 saturated carbocycles. The van der Waals surface area contributed by atoms with Gasteiger partial charge in [-0.25, -0.2) is 4.39 Å². The van der Waals surface area contributed by atoms with Crippen LogP contribution in [0.4, 0.5) is 17.6 Å². The summed E-state index contributed by atoms with van der Waals surface area (Å²) in [5.74, 6) is -3.32. The van der Waals surface area contributed by atoms with E-state index in [1.54, 1.807) is 18.4 Å². The molecule has 0 radical (unpaired) electrons. The van der Waals surface area contributed by atoms with E-state index in [2.05, 4.69) is 10.5 Å². The van der Waals surface area contributed by atoms with Crippen molar-refractivity contribution in [2.45, 2.75) is 30.4 Å². The highest BCUT2D eigenvalue weighted by molar-refractivity contribution is 8.13. The molecule has 3 aliphatic rings. The molecule has 0 aliphatic carbocycles. The van der Waals surface area contributed by atoms with Crippen molar-refractivity contribution in [1.82, 2.24) is 5.32 Å². The molecular formula is C23H18Cl2F4N2O3S. The number of benzene rings is 2. The number of thioether (sulfide) groups is 1. The number of hydrogen-bond acceptors (Lipinski definition) is 6. The molecule has 2 unspecified atom stereocenters. The Hall–Kier alpha value is -1.85. The van der Waals surface area contributed by atoms with Crippen LogP contribution in [0.15, 0.2) is 35.5 Å². The van der Waals surface area contributed by atoms with Crippen molar-refractivity contribution in [3.8, 4) is 0 Å². The molecule has 0 bridgehead atoms. The maximum absolute atomic E-state index is 14.7. The lowest BCUT2D eigenvalue weighted by Crippen LogP contribution is -2.56. The molecule has 3 aliphatic heterocycles. The van der Waals surface area contributed by atoms with E-state index < -0.39 is 52.0 Å². The molecule has 1 spiro atoms. The van der Waals surface area contributed by atoms with Crippen molar-refractivity contribution in [3.05, 3.63) is 68.4 Å². The van der Waals surface area contributed by atoms with Gasteiger partial charge in [0.25, 0.3) is 0 Å². The summed E-state index contributed by atoms with van der Waals surface area (Å²) in [6.45, 7) is 1.07. The SMILES string of the molecule is CSC(=O)C[C@H]1OC2(CNC2)c2ccc(C3=NOC(c4cc(Cl)cc(Cl)c4F)C3C(F)(F)F)cc21. The van der Waals surface area contributed by atoms with Crippen molar-refractivity contribution < 1.29 is 31.9 Å². The van der Waals surface area contributed by atoms with Crippen LogP contribution >= 0.6 is 35.0 Å². The summed E-state index contributed by atoms with van der Waals surface area (Å²) in [6, 6.07) is 6.94. The largest absolute Gasteiger partial charge is 0.401 e. The van der Waals surface area contributed by atoms with Crippen LogP contribution in [0.2, 0.25) is 10.0 Å². The molecule has 0 amide bonds. The number of rotatable bonds is 4. The third-order valence-corrected chi connectivity index (χ3v) is 7.61. The molecule has 35 heavy (non-hydrogen) atoms. The van der Waals surface area contributed by atoms with Gasteiger partial charge in [0.1, 0.15) is 23.0 Å². The van der Waals surface area contributed by atoms with Crippen molar-refractivity contribution in [3.63, 3.8) is 0 Å². The van der Waals surface area contributed by atoms with Gasteiger partial charge in [0.2, 0.25) is 0 Å². The Morgan fingerprint density at radius 1 is 1.23 bits per heavy atom. The smallest absolute Gasteiger partial charge is 0.386 e. The number of carbonyl (C=O) groups is 1. The number of oxime groups is 1. The Labute approximate surface area is 212 Å². The van der Waals surface area contributed by atoms with E-state index in [0.29, 0.717) is 18.7 Å². The average Bonchev–Trinajstić information content (AvgIpc) is 3.36. The van der Waals surface area contributed by atoms with Gasteiger partial charge < -0.3 is 14.9 Å². The number of fused-ring (bicyclic) bond motifs is 2. The Morgan fingerprint density at radius 2 is 1.97 bits per heavy atom. The second kappa shape index (κ2) is 8.92. The highest BCUT2D eigenvalue weighted by Crippen LogP contribution is 2.50. The van der Waals surface area contributed by atoms with E-state index in [1.165, 1.54) is 6.07 Å². The van der Waals surface area contributed by atoms with Crippen molar-refractivity contribution in [1.29, 1.82) is 0 Å². The fourth-order valence-electron chi connectivity index (χ4n) is 4.77. The summed E-state index contributed by atoms with van der Waals surface area (Å²) in [6.07, 6.45) is -5.47. The van der Waals surface area contributed by atoms with Crippen molar-refractivity contribution >= 4 is 45.8 Å². The fraction of sp³-hybridized carbons (Fsp3) is 0.391. The minimum absolute atomic E-state index is 0.0280. The molecule has 1 N–H and O–H groups in total. The summed E-state index contributed by atoms with van der Waals surface area (Å²) in [4.78, 5) is 17.3. The van der Waals surface area contributed by atoms with Gasteiger partial charge in [0, 0.05) is 35.7 Å². The number of nitrogens with zero attached hydrogens (tertiary/aromatic N) is 1. The first-order valence-corrected chi connectivity index (χ1v) is 12.6. The summed E-state index contributed by atoms with van der Waals surface area (Å²) in [5, 5.41) is 6.33. The van der Waals surface area contributed by atoms with Crippen molar-refractivity contribution in [2.75, 3.05) is 19.3 Å².